The third-order valence-corrected chi connectivity index (χ3v) is 3.22. The van der Waals surface area contributed by atoms with Crippen LogP contribution in [0.5, 0.6) is 0 Å². The van der Waals surface area contributed by atoms with Gasteiger partial charge in [0.15, 0.2) is 11.1 Å². The Labute approximate surface area is 90.4 Å². The molecule has 1 aromatic rings. The summed E-state index contributed by atoms with van der Waals surface area (Å²) in [5.74, 6) is 0.262. The van der Waals surface area contributed by atoms with Crippen molar-refractivity contribution < 1.29 is 8.76 Å². The lowest BCUT2D eigenvalue weighted by atomic mass is 10.1. The third kappa shape index (κ3) is 3.32. The van der Waals surface area contributed by atoms with Crippen LogP contribution in [-0.2, 0) is 17.5 Å². The van der Waals surface area contributed by atoms with Crippen LogP contribution in [0.2, 0.25) is 0 Å². The molecule has 0 bridgehead atoms. The van der Waals surface area contributed by atoms with Gasteiger partial charge < -0.3 is 10.3 Å². The molecule has 0 heterocycles. The smallest absolute Gasteiger partial charge is 0.153 e. The van der Waals surface area contributed by atoms with E-state index >= 15 is 0 Å². The van der Waals surface area contributed by atoms with E-state index in [1.54, 1.807) is 11.8 Å². The second-order valence-electron chi connectivity index (χ2n) is 2.85. The largest absolute Gasteiger partial charge is 0.398 e. The molecule has 1 unspecified atom stereocenters. The maximum Gasteiger partial charge on any atom is 0.153 e. The van der Waals surface area contributed by atoms with Crippen LogP contribution >= 0.6 is 11.8 Å². The molecule has 14 heavy (non-hydrogen) atoms. The van der Waals surface area contributed by atoms with Gasteiger partial charge in [-0.25, -0.2) is 4.21 Å². The van der Waals surface area contributed by atoms with E-state index in [9.17, 15) is 4.21 Å². The highest BCUT2D eigenvalue weighted by Gasteiger charge is 2.01. The van der Waals surface area contributed by atoms with Gasteiger partial charge in [0.1, 0.15) is 0 Å². The first-order chi connectivity index (χ1) is 6.63. The Balaban J connectivity index is 2.71. The van der Waals surface area contributed by atoms with Crippen molar-refractivity contribution >= 4 is 28.5 Å². The molecule has 1 atom stereocenters. The minimum atomic E-state index is -1.73. The predicted octanol–water partition coefficient (Wildman–Crippen LogP) is 1.75. The molecular weight excluding hydrogens is 218 g/mol. The summed E-state index contributed by atoms with van der Waals surface area (Å²) in [7, 11) is 0. The van der Waals surface area contributed by atoms with Crippen LogP contribution < -0.4 is 5.73 Å². The van der Waals surface area contributed by atoms with E-state index in [2.05, 4.69) is 0 Å². The molecular formula is C9H13NO2S2. The number of nitrogen functional groups attached to an aromatic ring is 1. The predicted molar refractivity (Wildman–Crippen MR) is 62.0 cm³/mol. The lowest BCUT2D eigenvalue weighted by molar-refractivity contribution is 0.563. The van der Waals surface area contributed by atoms with E-state index in [-0.39, 0.29) is 5.75 Å². The van der Waals surface area contributed by atoms with Gasteiger partial charge in [0.25, 0.3) is 0 Å². The molecule has 0 aromatic heterocycles. The molecule has 0 aliphatic heterocycles. The van der Waals surface area contributed by atoms with Crippen molar-refractivity contribution in [1.29, 1.82) is 0 Å². The summed E-state index contributed by atoms with van der Waals surface area (Å²) < 4.78 is 19.1. The molecule has 1 aromatic carbocycles. The van der Waals surface area contributed by atoms with Gasteiger partial charge in [-0.3, -0.25) is 0 Å². The van der Waals surface area contributed by atoms with E-state index in [0.29, 0.717) is 6.42 Å². The molecule has 0 saturated carbocycles. The van der Waals surface area contributed by atoms with Crippen molar-refractivity contribution in [2.24, 2.45) is 0 Å². The summed E-state index contributed by atoms with van der Waals surface area (Å²) in [5.41, 5.74) is 7.52. The van der Waals surface area contributed by atoms with Gasteiger partial charge in [0, 0.05) is 10.6 Å². The summed E-state index contributed by atoms with van der Waals surface area (Å²) in [5, 5.41) is 0. The number of hydrogen-bond acceptors (Lipinski definition) is 3. The van der Waals surface area contributed by atoms with E-state index in [0.717, 1.165) is 16.1 Å². The molecule has 0 saturated heterocycles. The summed E-state index contributed by atoms with van der Waals surface area (Å²) in [6, 6.07) is 5.74. The van der Waals surface area contributed by atoms with E-state index in [1.165, 1.54) is 0 Å². The maximum absolute atomic E-state index is 10.5. The van der Waals surface area contributed by atoms with Gasteiger partial charge in [-0.05, 0) is 30.4 Å². The van der Waals surface area contributed by atoms with Crippen LogP contribution in [0.25, 0.3) is 0 Å². The Hall–Kier alpha value is -0.520. The SMILES string of the molecule is CSc1ccc(CCS(=O)O)cc1N. The fourth-order valence-corrected chi connectivity index (χ4v) is 2.05. The highest BCUT2D eigenvalue weighted by atomic mass is 32.2. The number of hydrogen-bond donors (Lipinski definition) is 2. The number of nitrogens with two attached hydrogens (primary N) is 1. The van der Waals surface area contributed by atoms with Gasteiger partial charge in [-0.2, -0.15) is 0 Å². The van der Waals surface area contributed by atoms with E-state index < -0.39 is 11.1 Å². The van der Waals surface area contributed by atoms with Crippen LogP contribution in [-0.4, -0.2) is 20.8 Å². The minimum Gasteiger partial charge on any atom is -0.398 e. The molecule has 0 aliphatic rings. The quantitative estimate of drug-likeness (QED) is 0.471. The van der Waals surface area contributed by atoms with Crippen LogP contribution in [0.4, 0.5) is 5.69 Å². The average Bonchev–Trinajstić information content (AvgIpc) is 2.15. The van der Waals surface area contributed by atoms with Crippen molar-refractivity contribution in [1.82, 2.24) is 0 Å². The lowest BCUT2D eigenvalue weighted by Crippen LogP contribution is -2.00. The Morgan fingerprint density at radius 3 is 2.79 bits per heavy atom. The fraction of sp³-hybridized carbons (Fsp3) is 0.333. The topological polar surface area (TPSA) is 63.3 Å². The summed E-state index contributed by atoms with van der Waals surface area (Å²) in [6.07, 6.45) is 2.55. The van der Waals surface area contributed by atoms with Gasteiger partial charge in [0.2, 0.25) is 0 Å². The number of rotatable bonds is 4. The van der Waals surface area contributed by atoms with Crippen LogP contribution in [0.1, 0.15) is 5.56 Å². The molecule has 3 nitrogen and oxygen atoms in total. The van der Waals surface area contributed by atoms with Gasteiger partial charge >= 0.3 is 0 Å². The Morgan fingerprint density at radius 2 is 2.29 bits per heavy atom. The molecule has 5 heteroatoms. The van der Waals surface area contributed by atoms with Crippen LogP contribution in [0, 0.1) is 0 Å². The average molecular weight is 231 g/mol. The molecule has 0 aliphatic carbocycles. The zero-order valence-corrected chi connectivity index (χ0v) is 9.53. The molecule has 0 spiro atoms. The number of benzene rings is 1. The standard InChI is InChI=1S/C9H13NO2S2/c1-13-9-3-2-7(6-8(9)10)4-5-14(11)12/h2-3,6H,4-5,10H2,1H3,(H,11,12). The highest BCUT2D eigenvalue weighted by Crippen LogP contribution is 2.23. The third-order valence-electron chi connectivity index (χ3n) is 1.86. The fourth-order valence-electron chi connectivity index (χ4n) is 1.14. The second-order valence-corrected chi connectivity index (χ2v) is 4.75. The molecule has 1 rings (SSSR count). The normalized spacial score (nSPS) is 12.7. The van der Waals surface area contributed by atoms with Crippen LogP contribution in [0.3, 0.4) is 0 Å². The van der Waals surface area contributed by atoms with Crippen molar-refractivity contribution in [3.63, 3.8) is 0 Å². The Kier molecular flexibility index (Phi) is 4.44. The summed E-state index contributed by atoms with van der Waals surface area (Å²) in [6.45, 7) is 0. The van der Waals surface area contributed by atoms with Gasteiger partial charge in [-0.1, -0.05) is 6.07 Å². The summed E-state index contributed by atoms with van der Waals surface area (Å²) >= 11 is -0.132. The zero-order chi connectivity index (χ0) is 10.6. The number of aryl methyl sites for hydroxylation is 1. The molecule has 0 amide bonds. The molecule has 3 N–H and O–H groups in total. The molecule has 0 radical (unpaired) electrons. The minimum absolute atomic E-state index is 0.262. The summed E-state index contributed by atoms with van der Waals surface area (Å²) in [4.78, 5) is 1.04. The van der Waals surface area contributed by atoms with E-state index in [4.69, 9.17) is 10.3 Å². The first kappa shape index (κ1) is 11.6. The maximum atomic E-state index is 10.5. The Bertz CT molecular complexity index is 342. The van der Waals surface area contributed by atoms with Gasteiger partial charge in [0.05, 0.1) is 5.75 Å². The highest BCUT2D eigenvalue weighted by molar-refractivity contribution is 7.98. The van der Waals surface area contributed by atoms with Crippen molar-refractivity contribution in [2.75, 3.05) is 17.7 Å². The monoisotopic (exact) mass is 231 g/mol. The number of thioether (sulfide) groups is 1. The second kappa shape index (κ2) is 5.38. The van der Waals surface area contributed by atoms with Crippen molar-refractivity contribution in [2.45, 2.75) is 11.3 Å². The first-order valence-electron chi connectivity index (χ1n) is 4.13. The van der Waals surface area contributed by atoms with Crippen molar-refractivity contribution in [3.8, 4) is 0 Å². The first-order valence-corrected chi connectivity index (χ1v) is 6.63. The number of anilines is 1. The van der Waals surface area contributed by atoms with Crippen LogP contribution in [0.15, 0.2) is 23.1 Å². The Morgan fingerprint density at radius 1 is 1.57 bits per heavy atom. The van der Waals surface area contributed by atoms with E-state index in [1.807, 2.05) is 24.5 Å². The zero-order valence-electron chi connectivity index (χ0n) is 7.90. The van der Waals surface area contributed by atoms with Gasteiger partial charge in [-0.15, -0.1) is 11.8 Å². The molecule has 0 fully saturated rings. The van der Waals surface area contributed by atoms with Crippen molar-refractivity contribution in [3.05, 3.63) is 23.8 Å². The lowest BCUT2D eigenvalue weighted by Gasteiger charge is -2.05. The molecule has 78 valence electrons.